The van der Waals surface area contributed by atoms with Gasteiger partial charge in [0, 0.05) is 5.56 Å². The van der Waals surface area contributed by atoms with E-state index in [1.165, 1.54) is 12.1 Å². The molecule has 0 aliphatic rings. The first-order valence-corrected chi connectivity index (χ1v) is 5.38. The molecule has 2 aromatic rings. The molecule has 102 valence electrons. The van der Waals surface area contributed by atoms with E-state index in [0.29, 0.717) is 5.56 Å². The monoisotopic (exact) mass is 301 g/mol. The second-order valence-corrected chi connectivity index (χ2v) is 3.55. The van der Waals surface area contributed by atoms with E-state index in [-0.39, 0.29) is 55.0 Å². The van der Waals surface area contributed by atoms with E-state index in [0.717, 1.165) is 0 Å². The molecule has 0 unspecified atom stereocenters. The number of aromatic carboxylic acids is 1. The summed E-state index contributed by atoms with van der Waals surface area (Å²) in [6, 6.07) is 14.6. The summed E-state index contributed by atoms with van der Waals surface area (Å²) in [7, 11) is 0. The first kappa shape index (κ1) is 18.4. The number of nitrogens with two attached hydrogens (primary N) is 1. The van der Waals surface area contributed by atoms with Gasteiger partial charge in [-0.25, -0.2) is 4.79 Å². The Balaban J connectivity index is 0.000000345. The predicted octanol–water partition coefficient (Wildman–Crippen LogP) is 0.960. The maximum absolute atomic E-state index is 10.4. The number of benzene rings is 2. The Hall–Kier alpha value is -1.56. The maximum atomic E-state index is 10.4. The Morgan fingerprint density at radius 2 is 1.40 bits per heavy atom. The van der Waals surface area contributed by atoms with Crippen LogP contribution in [0.3, 0.4) is 0 Å². The van der Waals surface area contributed by atoms with Crippen molar-refractivity contribution in [2.24, 2.45) is 5.73 Å². The molecular formula is C14H15CaNO4. The van der Waals surface area contributed by atoms with E-state index in [9.17, 15) is 9.59 Å². The van der Waals surface area contributed by atoms with Crippen LogP contribution in [0.4, 0.5) is 0 Å². The summed E-state index contributed by atoms with van der Waals surface area (Å²) in [5.41, 5.74) is 5.46. The quantitative estimate of drug-likeness (QED) is 0.719. The number of phenols is 1. The molecule has 0 atom stereocenters. The average molecular weight is 301 g/mol. The van der Waals surface area contributed by atoms with Gasteiger partial charge in [0.05, 0.1) is 0 Å². The molecule has 1 amide bonds. The third-order valence-electron chi connectivity index (χ3n) is 2.19. The zero-order chi connectivity index (χ0) is 14.3. The summed E-state index contributed by atoms with van der Waals surface area (Å²) >= 11 is 0. The fraction of sp³-hybridized carbons (Fsp3) is 0. The molecule has 0 saturated carbocycles. The fourth-order valence-electron chi connectivity index (χ4n) is 1.26. The van der Waals surface area contributed by atoms with Gasteiger partial charge < -0.3 is 15.9 Å². The standard InChI is InChI=1S/C7H7NO.C7H6O3.Ca.2H/c8-7(9)6-4-2-1-3-5-6;8-6-4-2-1-3-5(6)7(9)10;;;/h1-5H,(H2,8,9);1-4,8H,(H,9,10);;;. The molecule has 0 spiro atoms. The molecule has 0 bridgehead atoms. The van der Waals surface area contributed by atoms with Gasteiger partial charge in [-0.1, -0.05) is 30.3 Å². The number of hydrogen-bond acceptors (Lipinski definition) is 3. The van der Waals surface area contributed by atoms with E-state index in [1.54, 1.807) is 36.4 Å². The summed E-state index contributed by atoms with van der Waals surface area (Å²) in [5.74, 6) is -1.69. The predicted molar refractivity (Wildman–Crippen MR) is 78.6 cm³/mol. The minimum atomic E-state index is -1.11. The van der Waals surface area contributed by atoms with Gasteiger partial charge in [-0.3, -0.25) is 4.79 Å². The minimum absolute atomic E-state index is 0. The number of primary amides is 1. The van der Waals surface area contributed by atoms with Gasteiger partial charge in [0.15, 0.2) is 0 Å². The molecule has 0 fully saturated rings. The van der Waals surface area contributed by atoms with Crippen molar-refractivity contribution in [3.8, 4) is 5.75 Å². The van der Waals surface area contributed by atoms with E-state index < -0.39 is 5.97 Å². The molecule has 20 heavy (non-hydrogen) atoms. The van der Waals surface area contributed by atoms with Crippen molar-refractivity contribution in [2.45, 2.75) is 0 Å². The van der Waals surface area contributed by atoms with Crippen LogP contribution in [0.2, 0.25) is 0 Å². The zero-order valence-corrected chi connectivity index (χ0v) is 9.98. The van der Waals surface area contributed by atoms with Crippen molar-refractivity contribution in [3.05, 3.63) is 65.7 Å². The Labute approximate surface area is 146 Å². The fourth-order valence-corrected chi connectivity index (χ4v) is 1.26. The zero-order valence-electron chi connectivity index (χ0n) is 9.98. The van der Waals surface area contributed by atoms with E-state index in [1.807, 2.05) is 6.07 Å². The van der Waals surface area contributed by atoms with Crippen LogP contribution in [0.15, 0.2) is 54.6 Å². The molecule has 0 aromatic heterocycles. The molecule has 0 radical (unpaired) electrons. The van der Waals surface area contributed by atoms with Gasteiger partial charge in [-0.05, 0) is 24.3 Å². The molecule has 4 N–H and O–H groups in total. The molecular weight excluding hydrogens is 286 g/mol. The number of hydrogen-bond donors (Lipinski definition) is 3. The van der Waals surface area contributed by atoms with Crippen LogP contribution in [-0.4, -0.2) is 59.8 Å². The summed E-state index contributed by atoms with van der Waals surface area (Å²) in [4.78, 5) is 20.7. The van der Waals surface area contributed by atoms with Crippen LogP contribution in [0, 0.1) is 0 Å². The van der Waals surface area contributed by atoms with Gasteiger partial charge in [0.25, 0.3) is 0 Å². The summed E-state index contributed by atoms with van der Waals surface area (Å²) in [6.45, 7) is 0. The molecule has 2 aromatic carbocycles. The van der Waals surface area contributed by atoms with Crippen LogP contribution >= 0.6 is 0 Å². The number of carboxylic acids is 1. The summed E-state index contributed by atoms with van der Waals surface area (Å²) < 4.78 is 0. The number of aromatic hydroxyl groups is 1. The first-order valence-electron chi connectivity index (χ1n) is 5.38. The van der Waals surface area contributed by atoms with Crippen LogP contribution in [0.25, 0.3) is 0 Å². The van der Waals surface area contributed by atoms with Crippen LogP contribution in [-0.2, 0) is 0 Å². The van der Waals surface area contributed by atoms with E-state index >= 15 is 0 Å². The Bertz CT molecular complexity index is 572. The van der Waals surface area contributed by atoms with Crippen molar-refractivity contribution in [3.63, 3.8) is 0 Å². The topological polar surface area (TPSA) is 101 Å². The molecule has 0 saturated heterocycles. The first-order chi connectivity index (χ1) is 9.02. The number of carbonyl (C=O) groups excluding carboxylic acids is 1. The van der Waals surface area contributed by atoms with Crippen molar-refractivity contribution in [2.75, 3.05) is 0 Å². The molecule has 5 nitrogen and oxygen atoms in total. The second kappa shape index (κ2) is 9.36. The second-order valence-electron chi connectivity index (χ2n) is 3.55. The van der Waals surface area contributed by atoms with Crippen LogP contribution in [0.1, 0.15) is 20.7 Å². The van der Waals surface area contributed by atoms with Crippen LogP contribution < -0.4 is 5.73 Å². The van der Waals surface area contributed by atoms with Gasteiger partial charge in [0.1, 0.15) is 11.3 Å². The molecule has 0 aliphatic heterocycles. The van der Waals surface area contributed by atoms with Gasteiger partial charge >= 0.3 is 43.7 Å². The Morgan fingerprint density at radius 3 is 1.75 bits per heavy atom. The Morgan fingerprint density at radius 1 is 0.900 bits per heavy atom. The van der Waals surface area contributed by atoms with E-state index in [4.69, 9.17) is 15.9 Å². The van der Waals surface area contributed by atoms with Crippen molar-refractivity contribution >= 4 is 49.6 Å². The third-order valence-corrected chi connectivity index (χ3v) is 2.19. The van der Waals surface area contributed by atoms with Gasteiger partial charge in [-0.2, -0.15) is 0 Å². The molecule has 0 heterocycles. The molecule has 6 heteroatoms. The van der Waals surface area contributed by atoms with Crippen molar-refractivity contribution < 1.29 is 19.8 Å². The summed E-state index contributed by atoms with van der Waals surface area (Å²) in [5, 5.41) is 17.3. The SMILES string of the molecule is NC(=O)c1ccccc1.O=C(O)c1ccccc1O.[CaH2]. The Kier molecular flexibility index (Phi) is 8.63. The molecule has 2 rings (SSSR count). The number of carboxylic acid groups (broad SMARTS) is 1. The van der Waals surface area contributed by atoms with Gasteiger partial charge in [0.2, 0.25) is 5.91 Å². The normalized spacial score (nSPS) is 8.60. The van der Waals surface area contributed by atoms with Crippen LogP contribution in [0.5, 0.6) is 5.75 Å². The van der Waals surface area contributed by atoms with E-state index in [2.05, 4.69) is 0 Å². The van der Waals surface area contributed by atoms with Gasteiger partial charge in [-0.15, -0.1) is 0 Å². The van der Waals surface area contributed by atoms with Crippen molar-refractivity contribution in [1.29, 1.82) is 0 Å². The number of para-hydroxylation sites is 1. The summed E-state index contributed by atoms with van der Waals surface area (Å²) in [6.07, 6.45) is 0. The number of carbonyl (C=O) groups is 2. The van der Waals surface area contributed by atoms with Crippen molar-refractivity contribution in [1.82, 2.24) is 0 Å². The average Bonchev–Trinajstić information content (AvgIpc) is 2.40. The number of amides is 1. The number of rotatable bonds is 2. The third kappa shape index (κ3) is 6.06. The molecule has 0 aliphatic carbocycles.